The van der Waals surface area contributed by atoms with Crippen LogP contribution in [-0.2, 0) is 4.79 Å². The number of fused-ring (bicyclic) bond motifs is 1. The summed E-state index contributed by atoms with van der Waals surface area (Å²) in [7, 11) is 0. The topological polar surface area (TPSA) is 53.5 Å². The lowest BCUT2D eigenvalue weighted by atomic mass is 9.96. The first kappa shape index (κ1) is 8.04. The normalized spacial score (nSPS) is 25.0. The van der Waals surface area contributed by atoms with E-state index in [1.54, 1.807) is 0 Å². The molecule has 1 unspecified atom stereocenters. The summed E-state index contributed by atoms with van der Waals surface area (Å²) in [5.74, 6) is 0. The van der Waals surface area contributed by atoms with Crippen LogP contribution in [0.5, 0.6) is 0 Å². The van der Waals surface area contributed by atoms with E-state index in [0.29, 0.717) is 12.5 Å². The summed E-state index contributed by atoms with van der Waals surface area (Å²) < 4.78 is 0. The number of hydrazone groups is 1. The van der Waals surface area contributed by atoms with Crippen LogP contribution < -0.4 is 10.7 Å². The summed E-state index contributed by atoms with van der Waals surface area (Å²) in [6.45, 7) is 1.96. The van der Waals surface area contributed by atoms with Gasteiger partial charge < -0.3 is 10.7 Å². The lowest BCUT2D eigenvalue weighted by molar-refractivity contribution is -0.108. The van der Waals surface area contributed by atoms with E-state index in [4.69, 9.17) is 0 Å². The van der Waals surface area contributed by atoms with Crippen molar-refractivity contribution in [3.05, 3.63) is 23.4 Å². The number of carbonyl (C=O) groups is 1. The van der Waals surface area contributed by atoms with Crippen LogP contribution in [0.25, 0.3) is 0 Å². The quantitative estimate of drug-likeness (QED) is 0.596. The van der Waals surface area contributed by atoms with Gasteiger partial charge in [0.2, 0.25) is 6.41 Å². The maximum atomic E-state index is 10.2. The first-order chi connectivity index (χ1) is 6.31. The number of allylic oxidation sites excluding steroid dienone is 1. The van der Waals surface area contributed by atoms with Gasteiger partial charge in [0, 0.05) is 11.3 Å². The highest BCUT2D eigenvalue weighted by atomic mass is 16.1. The number of hydrogen-bond donors (Lipinski definition) is 2. The first-order valence-electron chi connectivity index (χ1n) is 4.23. The summed E-state index contributed by atoms with van der Waals surface area (Å²) in [4.78, 5) is 10.2. The van der Waals surface area contributed by atoms with E-state index in [2.05, 4.69) is 15.8 Å². The third kappa shape index (κ3) is 1.35. The smallest absolute Gasteiger partial charge is 0.211 e. The Labute approximate surface area is 76.4 Å². The van der Waals surface area contributed by atoms with Crippen molar-refractivity contribution in [2.45, 2.75) is 19.4 Å². The van der Waals surface area contributed by atoms with Gasteiger partial charge in [-0.3, -0.25) is 4.79 Å². The number of nitrogens with one attached hydrogen (secondary N) is 2. The maximum absolute atomic E-state index is 10.2. The highest BCUT2D eigenvalue weighted by Gasteiger charge is 2.23. The molecule has 1 atom stereocenters. The van der Waals surface area contributed by atoms with E-state index in [9.17, 15) is 4.79 Å². The van der Waals surface area contributed by atoms with Crippen LogP contribution in [0.4, 0.5) is 0 Å². The zero-order valence-corrected chi connectivity index (χ0v) is 7.37. The Kier molecular flexibility index (Phi) is 1.88. The Morgan fingerprint density at radius 1 is 1.77 bits per heavy atom. The lowest BCUT2D eigenvalue weighted by Gasteiger charge is -2.16. The molecule has 2 aliphatic rings. The second-order valence-corrected chi connectivity index (χ2v) is 3.14. The molecule has 4 heteroatoms. The fourth-order valence-electron chi connectivity index (χ4n) is 1.59. The zero-order chi connectivity index (χ0) is 9.26. The molecule has 0 spiro atoms. The lowest BCUT2D eigenvalue weighted by Crippen LogP contribution is -2.25. The fourth-order valence-corrected chi connectivity index (χ4v) is 1.59. The van der Waals surface area contributed by atoms with Gasteiger partial charge in [-0.25, -0.2) is 0 Å². The van der Waals surface area contributed by atoms with Crippen molar-refractivity contribution in [3.8, 4) is 0 Å². The Morgan fingerprint density at radius 3 is 3.38 bits per heavy atom. The molecule has 13 heavy (non-hydrogen) atoms. The average Bonchev–Trinajstić information content (AvgIpc) is 2.49. The Balaban J connectivity index is 2.22. The van der Waals surface area contributed by atoms with Gasteiger partial charge in [0.25, 0.3) is 0 Å². The fraction of sp³-hybridized carbons (Fsp3) is 0.333. The highest BCUT2D eigenvalue weighted by Crippen LogP contribution is 2.21. The van der Waals surface area contributed by atoms with Crippen LogP contribution in [0.1, 0.15) is 13.3 Å². The second-order valence-electron chi connectivity index (χ2n) is 3.14. The summed E-state index contributed by atoms with van der Waals surface area (Å²) in [5.41, 5.74) is 6.07. The molecule has 0 aromatic carbocycles. The molecular weight excluding hydrogens is 166 g/mol. The molecule has 1 heterocycles. The number of rotatable bonds is 2. The number of carbonyl (C=O) groups excluding carboxylic acids is 1. The minimum Gasteiger partial charge on any atom is -0.329 e. The second kappa shape index (κ2) is 3.05. The van der Waals surface area contributed by atoms with Gasteiger partial charge in [-0.1, -0.05) is 6.08 Å². The third-order valence-corrected chi connectivity index (χ3v) is 2.29. The van der Waals surface area contributed by atoms with Crippen molar-refractivity contribution >= 4 is 12.1 Å². The van der Waals surface area contributed by atoms with Crippen molar-refractivity contribution in [2.75, 3.05) is 0 Å². The van der Waals surface area contributed by atoms with Crippen molar-refractivity contribution in [1.29, 1.82) is 0 Å². The van der Waals surface area contributed by atoms with Gasteiger partial charge in [0.15, 0.2) is 0 Å². The zero-order valence-electron chi connectivity index (χ0n) is 7.37. The molecule has 0 aromatic rings. The summed E-state index contributed by atoms with van der Waals surface area (Å²) >= 11 is 0. The number of hydrogen-bond acceptors (Lipinski definition) is 3. The predicted octanol–water partition coefficient (Wildman–Crippen LogP) is 0.294. The van der Waals surface area contributed by atoms with Crippen LogP contribution in [0.15, 0.2) is 28.5 Å². The van der Waals surface area contributed by atoms with E-state index >= 15 is 0 Å². The molecule has 0 fully saturated rings. The van der Waals surface area contributed by atoms with Crippen molar-refractivity contribution in [2.24, 2.45) is 5.10 Å². The van der Waals surface area contributed by atoms with Crippen LogP contribution in [0.3, 0.4) is 0 Å². The molecular formula is C9H11N3O. The molecule has 0 radical (unpaired) electrons. The van der Waals surface area contributed by atoms with Crippen LogP contribution in [0.2, 0.25) is 0 Å². The van der Waals surface area contributed by atoms with Crippen LogP contribution in [0, 0.1) is 0 Å². The SMILES string of the molecule is CC1=NNC2CC=C(NC=O)C=C12. The average molecular weight is 177 g/mol. The number of nitrogens with zero attached hydrogens (tertiary/aromatic N) is 1. The summed E-state index contributed by atoms with van der Waals surface area (Å²) in [6, 6.07) is 0.303. The number of amides is 1. The van der Waals surface area contributed by atoms with E-state index in [-0.39, 0.29) is 0 Å². The maximum Gasteiger partial charge on any atom is 0.211 e. The monoisotopic (exact) mass is 177 g/mol. The van der Waals surface area contributed by atoms with E-state index in [1.165, 1.54) is 5.57 Å². The largest absolute Gasteiger partial charge is 0.329 e. The minimum absolute atomic E-state index is 0.303. The van der Waals surface area contributed by atoms with E-state index < -0.39 is 0 Å². The summed E-state index contributed by atoms with van der Waals surface area (Å²) in [6.07, 6.45) is 5.52. The molecule has 1 amide bonds. The molecule has 2 N–H and O–H groups in total. The van der Waals surface area contributed by atoms with Gasteiger partial charge in [-0.15, -0.1) is 0 Å². The highest BCUT2D eigenvalue weighted by molar-refractivity contribution is 6.01. The molecule has 0 saturated carbocycles. The van der Waals surface area contributed by atoms with Gasteiger partial charge in [0.1, 0.15) is 0 Å². The van der Waals surface area contributed by atoms with Crippen molar-refractivity contribution < 1.29 is 4.79 Å². The first-order valence-corrected chi connectivity index (χ1v) is 4.23. The Morgan fingerprint density at radius 2 is 2.62 bits per heavy atom. The predicted molar refractivity (Wildman–Crippen MR) is 50.0 cm³/mol. The van der Waals surface area contributed by atoms with Gasteiger partial charge >= 0.3 is 0 Å². The standard InChI is InChI=1S/C9H11N3O/c1-6-8-4-7(10-5-13)2-3-9(8)12-11-6/h2,4-5,9,12H,3H2,1H3,(H,10,13). The molecule has 0 aromatic heterocycles. The van der Waals surface area contributed by atoms with Gasteiger partial charge in [-0.2, -0.15) is 5.10 Å². The van der Waals surface area contributed by atoms with Crippen molar-refractivity contribution in [3.63, 3.8) is 0 Å². The molecule has 4 nitrogen and oxygen atoms in total. The molecule has 0 saturated heterocycles. The van der Waals surface area contributed by atoms with Gasteiger partial charge in [-0.05, 0) is 19.4 Å². The Hall–Kier alpha value is -1.58. The van der Waals surface area contributed by atoms with Crippen LogP contribution in [-0.4, -0.2) is 18.2 Å². The van der Waals surface area contributed by atoms with Crippen LogP contribution >= 0.6 is 0 Å². The molecule has 68 valence electrons. The van der Waals surface area contributed by atoms with Crippen molar-refractivity contribution in [1.82, 2.24) is 10.7 Å². The third-order valence-electron chi connectivity index (χ3n) is 2.29. The summed E-state index contributed by atoms with van der Waals surface area (Å²) in [5, 5.41) is 6.76. The molecule has 1 aliphatic carbocycles. The molecule has 2 rings (SSSR count). The van der Waals surface area contributed by atoms with E-state index in [1.807, 2.05) is 19.1 Å². The van der Waals surface area contributed by atoms with Gasteiger partial charge in [0.05, 0.1) is 11.8 Å². The Bertz CT molecular complexity index is 328. The molecule has 0 bridgehead atoms. The van der Waals surface area contributed by atoms with E-state index in [0.717, 1.165) is 17.8 Å². The molecule has 1 aliphatic heterocycles. The minimum atomic E-state index is 0.303.